The van der Waals surface area contributed by atoms with Crippen molar-refractivity contribution in [2.45, 2.75) is 258 Å². The molecule has 4 aliphatic carbocycles. The molecule has 0 radical (unpaired) electrons. The van der Waals surface area contributed by atoms with Gasteiger partial charge in [-0.1, -0.05) is 147 Å². The van der Waals surface area contributed by atoms with E-state index >= 15 is 13.2 Å². The van der Waals surface area contributed by atoms with Crippen LogP contribution in [-0.2, 0) is 75.3 Å². The number of carbonyl (C=O) groups is 8. The topological polar surface area (TPSA) is 257 Å². The van der Waals surface area contributed by atoms with E-state index in [1.807, 2.05) is 51.1 Å². The molecule has 8 aromatic rings. The lowest BCUT2D eigenvalue weighted by molar-refractivity contribution is -0.120. The van der Waals surface area contributed by atoms with Gasteiger partial charge >= 0.3 is 12.1 Å². The zero-order valence-corrected chi connectivity index (χ0v) is 78.8. The van der Waals surface area contributed by atoms with Crippen molar-refractivity contribution < 1.29 is 79.6 Å². The monoisotopic (exact) mass is 1790 g/mol. The number of aryl methyl sites for hydroxylation is 4. The number of phenolic OH excluding ortho intramolecular Hbond substituents is 1. The average Bonchev–Trinajstić information content (AvgIpc) is 0.872. The Bertz CT molecular complexity index is 6090. The van der Waals surface area contributed by atoms with Crippen molar-refractivity contribution in [3.63, 3.8) is 0 Å². The van der Waals surface area contributed by atoms with Gasteiger partial charge in [-0.3, -0.25) is 50.0 Å². The number of hydrogen-bond acceptors (Lipinski definition) is 14. The first-order chi connectivity index (χ1) is 59.6. The molecule has 8 aromatic carbocycles. The van der Waals surface area contributed by atoms with Crippen LogP contribution in [0.4, 0.5) is 41.1 Å². The van der Waals surface area contributed by atoms with Crippen LogP contribution in [0.25, 0.3) is 56.7 Å². The molecule has 2 unspecified atom stereocenters. The molecule has 16 rings (SSSR count). The van der Waals surface area contributed by atoms with Gasteiger partial charge in [-0.05, 0) is 307 Å². The van der Waals surface area contributed by atoms with Crippen LogP contribution >= 0.6 is 23.5 Å². The Balaban J connectivity index is 0.000000146. The van der Waals surface area contributed by atoms with E-state index in [9.17, 15) is 52.2 Å². The minimum atomic E-state index is -1.00. The molecule has 4 saturated heterocycles. The number of carbonyl (C=O) groups excluding carboxylic acids is 8. The Morgan fingerprint density at radius 2 is 0.727 bits per heavy atom. The standard InChI is InChI=1S/C26H27F2NO3S.C26H31FN2O3.C26H32N2O3.C25H25F2NO3S/c1-13-9-16-17(26(4,5)8-7-25(16,2)3)10-14(13)21-19(32-6)12-18(27)15(22(21)28)11-20-23(30)29-24(31)33-20;1-14-11-17-18(26(4,5)10-9-25(17,2)3)13-16(14)21-20(32-6)8-7-15(22(21)27)12-19-23(30)29-24(31)28-19;1-15-11-19-20(26(4,5)10-9-25(19,2)3)14-17(15)18-12-16(7-8-22(18)31-6)13-21-23(29)28-24(30)27-21;1-12-8-15-16(25(4,5)7-6-24(15,2)3)11-14(12)19-20(27)13(9-17(26)21(19)29)10-18-22(30)28-23(31)32-18/h9-12H,7-8H2,1-6H3,(H,29,30,31);7-8,11,13,19H,9-10,12H2,1-6H3,(H2,28,29,30,31);7-8,11-12,14,21H,9-10,13H2,1-6H3,(H2,27,28,29,30);8-11,29H,6-7H2,1-5H3,(H,28,30,31)/b20-11-;;;18-10-. The number of phenols is 1. The second-order valence-corrected chi connectivity index (χ2v) is 42.4. The van der Waals surface area contributed by atoms with E-state index in [4.69, 9.17) is 14.2 Å². The fourth-order valence-electron chi connectivity index (χ4n) is 19.2. The van der Waals surface area contributed by atoms with Gasteiger partial charge < -0.3 is 30.0 Å². The first kappa shape index (κ1) is 94.6. The molecule has 10 amide bonds. The number of benzene rings is 8. The molecule has 0 bridgehead atoms. The number of methoxy groups -OCH3 is 3. The fourth-order valence-corrected chi connectivity index (χ4v) is 20.5. The molecule has 4 fully saturated rings. The highest BCUT2D eigenvalue weighted by Gasteiger charge is 2.45. The highest BCUT2D eigenvalue weighted by molar-refractivity contribution is 8.18. The summed E-state index contributed by atoms with van der Waals surface area (Å²) in [6.45, 7) is 43.6. The largest absolute Gasteiger partial charge is 0.504 e. The quantitative estimate of drug-likeness (QED) is 0.0322. The van der Waals surface area contributed by atoms with E-state index in [2.05, 4.69) is 186 Å². The van der Waals surface area contributed by atoms with Crippen molar-refractivity contribution in [3.05, 3.63) is 219 Å². The Hall–Kier alpha value is -11.1. The van der Waals surface area contributed by atoms with Gasteiger partial charge in [0.15, 0.2) is 11.6 Å². The Labute approximate surface area is 754 Å². The van der Waals surface area contributed by atoms with E-state index in [0.717, 1.165) is 125 Å². The van der Waals surface area contributed by atoms with E-state index in [0.29, 0.717) is 57.9 Å². The Morgan fingerprint density at radius 1 is 0.375 bits per heavy atom. The number of imide groups is 4. The molecular weight excluding hydrogens is 1670 g/mol. The van der Waals surface area contributed by atoms with Gasteiger partial charge in [-0.2, -0.15) is 0 Å². The number of hydrogen-bond donors (Lipinski definition) is 7. The van der Waals surface area contributed by atoms with Gasteiger partial charge in [0.1, 0.15) is 52.6 Å². The van der Waals surface area contributed by atoms with Crippen LogP contribution in [0, 0.1) is 56.8 Å². The van der Waals surface area contributed by atoms with E-state index in [1.165, 1.54) is 59.6 Å². The predicted molar refractivity (Wildman–Crippen MR) is 495 cm³/mol. The first-order valence-electron chi connectivity index (χ1n) is 43.3. The lowest BCUT2D eigenvalue weighted by atomic mass is 9.62. The molecule has 4 aliphatic heterocycles. The SMILES string of the molecule is COc1cc(F)c(/C=C2\SC(=O)NC2=O)c(F)c1-c1cc2c(cc1C)C(C)(C)CCC2(C)C.COc1ccc(CC2NC(=O)NC2=O)c(F)c1-c1cc2c(cc1C)C(C)(C)CCC2(C)C.COc1ccc(CC2NC(=O)NC2=O)cc1-c1cc2c(cc1C)C(C)(C)CCC2(C)C.Cc1cc2c(cc1-c1c(O)c(F)cc(/C=C3\SC(=O)NC3=O)c1F)C(C)(C)CCC2(C)C. The van der Waals surface area contributed by atoms with Crippen LogP contribution in [0.3, 0.4) is 0 Å². The lowest BCUT2D eigenvalue weighted by Crippen LogP contribution is -2.34. The fraction of sp³-hybridized carbons (Fsp3) is 0.417. The van der Waals surface area contributed by atoms with Gasteiger partial charge in [0.2, 0.25) is 0 Å². The van der Waals surface area contributed by atoms with Crippen molar-refractivity contribution in [1.82, 2.24) is 31.9 Å². The first-order valence-corrected chi connectivity index (χ1v) is 44.9. The summed E-state index contributed by atoms with van der Waals surface area (Å²) in [6, 6.07) is 26.0. The molecule has 2 atom stereocenters. The summed E-state index contributed by atoms with van der Waals surface area (Å²) in [4.78, 5) is 93.6. The number of ether oxygens (including phenoxy) is 3. The lowest BCUT2D eigenvalue weighted by Gasteiger charge is -2.42. The third-order valence-electron chi connectivity index (χ3n) is 27.6. The van der Waals surface area contributed by atoms with Crippen LogP contribution < -0.4 is 46.1 Å². The molecule has 128 heavy (non-hydrogen) atoms. The van der Waals surface area contributed by atoms with E-state index in [1.54, 1.807) is 19.2 Å². The molecule has 4 heterocycles. The smallest absolute Gasteiger partial charge is 0.322 e. The minimum Gasteiger partial charge on any atom is -0.504 e. The summed E-state index contributed by atoms with van der Waals surface area (Å²) in [7, 11) is 4.59. The van der Waals surface area contributed by atoms with Crippen molar-refractivity contribution >= 4 is 81.8 Å². The summed E-state index contributed by atoms with van der Waals surface area (Å²) >= 11 is 1.24. The highest BCUT2D eigenvalue weighted by Crippen LogP contribution is 2.55. The maximum atomic E-state index is 15.9. The van der Waals surface area contributed by atoms with Crippen LogP contribution in [0.2, 0.25) is 0 Å². The third kappa shape index (κ3) is 18.4. The summed E-state index contributed by atoms with van der Waals surface area (Å²) in [5, 5.41) is 23.3. The summed E-state index contributed by atoms with van der Waals surface area (Å²) in [5.74, 6) is -5.48. The molecule has 7 N–H and O–H groups in total. The molecule has 0 aromatic heterocycles. The molecule has 18 nitrogen and oxygen atoms in total. The number of amides is 10. The number of urea groups is 2. The maximum absolute atomic E-state index is 15.9. The van der Waals surface area contributed by atoms with Gasteiger partial charge in [0.25, 0.3) is 34.1 Å². The third-order valence-corrected chi connectivity index (χ3v) is 29.3. The van der Waals surface area contributed by atoms with Crippen molar-refractivity contribution in [2.75, 3.05) is 21.3 Å². The molecule has 8 aliphatic rings. The number of aromatic hydroxyl groups is 1. The van der Waals surface area contributed by atoms with Gasteiger partial charge in [0.05, 0.1) is 47.8 Å². The van der Waals surface area contributed by atoms with Crippen LogP contribution in [0.5, 0.6) is 23.0 Å². The Kier molecular flexibility index (Phi) is 25.7. The second-order valence-electron chi connectivity index (χ2n) is 40.4. The van der Waals surface area contributed by atoms with Gasteiger partial charge in [-0.15, -0.1) is 0 Å². The zero-order valence-electron chi connectivity index (χ0n) is 77.2. The van der Waals surface area contributed by atoms with Crippen LogP contribution in [0.1, 0.15) is 251 Å². The molecule has 676 valence electrons. The summed E-state index contributed by atoms with van der Waals surface area (Å²) < 4.78 is 93.7. The van der Waals surface area contributed by atoms with Gasteiger partial charge in [-0.25, -0.2) is 31.5 Å². The number of halogens is 5. The molecule has 0 spiro atoms. The number of thioether (sulfide) groups is 2. The normalized spacial score (nSPS) is 20.7. The number of fused-ring (bicyclic) bond motifs is 4. The predicted octanol–water partition coefficient (Wildman–Crippen LogP) is 22.6. The van der Waals surface area contributed by atoms with Crippen molar-refractivity contribution in [3.8, 4) is 67.5 Å². The molecule has 25 heteroatoms. The number of nitrogens with one attached hydrogen (secondary N) is 6. The zero-order chi connectivity index (χ0) is 93.9. The maximum Gasteiger partial charge on any atom is 0.322 e. The van der Waals surface area contributed by atoms with Crippen molar-refractivity contribution in [1.29, 1.82) is 0 Å². The molecule has 0 saturated carbocycles. The van der Waals surface area contributed by atoms with E-state index in [-0.39, 0.29) is 93.5 Å². The highest BCUT2D eigenvalue weighted by atomic mass is 32.2. The van der Waals surface area contributed by atoms with Gasteiger partial charge in [0, 0.05) is 35.6 Å². The van der Waals surface area contributed by atoms with Crippen molar-refractivity contribution in [2.24, 2.45) is 0 Å². The average molecular weight is 1790 g/mol. The second kappa shape index (κ2) is 34.8. The van der Waals surface area contributed by atoms with Crippen LogP contribution in [-0.4, -0.2) is 84.7 Å². The summed E-state index contributed by atoms with van der Waals surface area (Å²) in [6.07, 6.45) is 11.2. The minimum absolute atomic E-state index is 0.00521. The number of rotatable bonds is 13. The summed E-state index contributed by atoms with van der Waals surface area (Å²) in [5.41, 5.74) is 18.8. The molecular formula is C103H115F5N6O12S2. The van der Waals surface area contributed by atoms with Crippen LogP contribution in [0.15, 0.2) is 101 Å². The van der Waals surface area contributed by atoms with E-state index < -0.39 is 87.2 Å². The Morgan fingerprint density at radius 3 is 1.10 bits per heavy atom.